The summed E-state index contributed by atoms with van der Waals surface area (Å²) in [5.41, 5.74) is 0. The Morgan fingerprint density at radius 1 is 1.70 bits per heavy atom. The molecule has 1 aliphatic rings. The minimum atomic E-state index is -0.177. The van der Waals surface area contributed by atoms with E-state index in [2.05, 4.69) is 22.0 Å². The van der Waals surface area contributed by atoms with Gasteiger partial charge >= 0.3 is 6.03 Å². The maximum absolute atomic E-state index is 12.1. The number of urea groups is 1. The molecule has 0 aromatic carbocycles. The number of aromatic nitrogens is 3. The summed E-state index contributed by atoms with van der Waals surface area (Å²) < 4.78 is 1.85. The Kier molecular flexibility index (Phi) is 4.73. The molecule has 2 rings (SSSR count). The first kappa shape index (κ1) is 14.5. The topological polar surface area (TPSA) is 83.3 Å². The van der Waals surface area contributed by atoms with Crippen LogP contribution in [-0.2, 0) is 13.0 Å². The predicted molar refractivity (Wildman–Crippen MR) is 74.3 cm³/mol. The molecule has 0 radical (unpaired) electrons. The van der Waals surface area contributed by atoms with Crippen molar-refractivity contribution in [3.05, 3.63) is 24.3 Å². The van der Waals surface area contributed by atoms with E-state index >= 15 is 0 Å². The van der Waals surface area contributed by atoms with Gasteiger partial charge in [0, 0.05) is 19.5 Å². The highest BCUT2D eigenvalue weighted by Crippen LogP contribution is 2.13. The van der Waals surface area contributed by atoms with Crippen LogP contribution < -0.4 is 5.32 Å². The fourth-order valence-electron chi connectivity index (χ4n) is 2.37. The summed E-state index contributed by atoms with van der Waals surface area (Å²) >= 11 is 0. The highest BCUT2D eigenvalue weighted by molar-refractivity contribution is 5.74. The first-order valence-corrected chi connectivity index (χ1v) is 6.81. The SMILES string of the molecule is C=CCN(CCO)C(=O)NC1CCc2nc(C)nn2C1. The van der Waals surface area contributed by atoms with Crippen LogP contribution in [0.15, 0.2) is 12.7 Å². The number of fused-ring (bicyclic) bond motifs is 1. The summed E-state index contributed by atoms with van der Waals surface area (Å²) in [4.78, 5) is 18.0. The number of aryl methyl sites for hydroxylation is 2. The van der Waals surface area contributed by atoms with E-state index in [9.17, 15) is 4.79 Å². The molecule has 1 aliphatic heterocycles. The van der Waals surface area contributed by atoms with Crippen molar-refractivity contribution in [2.45, 2.75) is 32.4 Å². The van der Waals surface area contributed by atoms with E-state index in [1.807, 2.05) is 11.6 Å². The van der Waals surface area contributed by atoms with E-state index in [0.717, 1.165) is 24.5 Å². The fourth-order valence-corrected chi connectivity index (χ4v) is 2.37. The lowest BCUT2D eigenvalue weighted by Gasteiger charge is -2.27. The van der Waals surface area contributed by atoms with E-state index in [0.29, 0.717) is 19.6 Å². The number of aliphatic hydroxyl groups excluding tert-OH is 1. The van der Waals surface area contributed by atoms with E-state index in [4.69, 9.17) is 5.11 Å². The average Bonchev–Trinajstić information content (AvgIpc) is 2.77. The largest absolute Gasteiger partial charge is 0.395 e. The van der Waals surface area contributed by atoms with Gasteiger partial charge in [0.15, 0.2) is 0 Å². The van der Waals surface area contributed by atoms with Gasteiger partial charge in [-0.15, -0.1) is 6.58 Å². The second kappa shape index (κ2) is 6.51. The van der Waals surface area contributed by atoms with Gasteiger partial charge in [0.25, 0.3) is 0 Å². The smallest absolute Gasteiger partial charge is 0.318 e. The molecule has 1 aromatic heterocycles. The van der Waals surface area contributed by atoms with Crippen molar-refractivity contribution in [3.63, 3.8) is 0 Å². The van der Waals surface area contributed by atoms with Gasteiger partial charge < -0.3 is 15.3 Å². The molecule has 0 spiro atoms. The zero-order chi connectivity index (χ0) is 14.5. The molecule has 7 heteroatoms. The number of carbonyl (C=O) groups is 1. The molecule has 0 aliphatic carbocycles. The Hall–Kier alpha value is -1.89. The first-order chi connectivity index (χ1) is 9.63. The highest BCUT2D eigenvalue weighted by Gasteiger charge is 2.23. The van der Waals surface area contributed by atoms with E-state index < -0.39 is 0 Å². The Bertz CT molecular complexity index is 485. The van der Waals surface area contributed by atoms with Crippen molar-refractivity contribution < 1.29 is 9.90 Å². The average molecular weight is 279 g/mol. The van der Waals surface area contributed by atoms with Crippen LogP contribution in [0.4, 0.5) is 4.79 Å². The minimum Gasteiger partial charge on any atom is -0.395 e. The minimum absolute atomic E-state index is 0.0436. The summed E-state index contributed by atoms with van der Waals surface area (Å²) in [6, 6.07) is -0.133. The molecule has 0 fully saturated rings. The Balaban J connectivity index is 1.93. The lowest BCUT2D eigenvalue weighted by Crippen LogP contribution is -2.48. The maximum Gasteiger partial charge on any atom is 0.318 e. The van der Waals surface area contributed by atoms with Gasteiger partial charge in [-0.05, 0) is 13.3 Å². The second-order valence-electron chi connectivity index (χ2n) is 4.90. The molecule has 2 N–H and O–H groups in total. The van der Waals surface area contributed by atoms with E-state index in [1.165, 1.54) is 4.90 Å². The Morgan fingerprint density at radius 3 is 3.20 bits per heavy atom. The molecule has 2 amide bonds. The number of rotatable bonds is 5. The predicted octanol–water partition coefficient (Wildman–Crippen LogP) is 0.0912. The third-order valence-electron chi connectivity index (χ3n) is 3.30. The van der Waals surface area contributed by atoms with Gasteiger partial charge in [-0.1, -0.05) is 6.08 Å². The molecule has 2 heterocycles. The number of nitrogens with zero attached hydrogens (tertiary/aromatic N) is 4. The van der Waals surface area contributed by atoms with Crippen molar-refractivity contribution >= 4 is 6.03 Å². The molecule has 0 saturated heterocycles. The van der Waals surface area contributed by atoms with Gasteiger partial charge in [0.1, 0.15) is 11.6 Å². The number of carbonyl (C=O) groups excluding carboxylic acids is 1. The van der Waals surface area contributed by atoms with Gasteiger partial charge in [-0.2, -0.15) is 5.10 Å². The molecule has 7 nitrogen and oxygen atoms in total. The van der Waals surface area contributed by atoms with Crippen molar-refractivity contribution in [1.82, 2.24) is 25.0 Å². The van der Waals surface area contributed by atoms with Gasteiger partial charge in [-0.3, -0.25) is 0 Å². The molecular weight excluding hydrogens is 258 g/mol. The number of nitrogens with one attached hydrogen (secondary N) is 1. The highest BCUT2D eigenvalue weighted by atomic mass is 16.3. The van der Waals surface area contributed by atoms with Crippen molar-refractivity contribution in [1.29, 1.82) is 0 Å². The quantitative estimate of drug-likeness (QED) is 0.748. The standard InChI is InChI=1S/C13H21N5O2/c1-3-6-17(7-8-19)13(20)15-11-4-5-12-14-10(2)16-18(12)9-11/h3,11,19H,1,4-9H2,2H3,(H,15,20). The van der Waals surface area contributed by atoms with Gasteiger partial charge in [-0.25, -0.2) is 14.5 Å². The zero-order valence-corrected chi connectivity index (χ0v) is 11.7. The van der Waals surface area contributed by atoms with E-state index in [-0.39, 0.29) is 18.7 Å². The summed E-state index contributed by atoms with van der Waals surface area (Å²) in [7, 11) is 0. The molecule has 20 heavy (non-hydrogen) atoms. The van der Waals surface area contributed by atoms with Crippen molar-refractivity contribution in [3.8, 4) is 0 Å². The number of hydrogen-bond donors (Lipinski definition) is 2. The van der Waals surface area contributed by atoms with Crippen molar-refractivity contribution in [2.24, 2.45) is 0 Å². The zero-order valence-electron chi connectivity index (χ0n) is 11.7. The van der Waals surface area contributed by atoms with Crippen LogP contribution in [0.1, 0.15) is 18.1 Å². The van der Waals surface area contributed by atoms with Crippen molar-refractivity contribution in [2.75, 3.05) is 19.7 Å². The third kappa shape index (κ3) is 3.36. The first-order valence-electron chi connectivity index (χ1n) is 6.81. The third-order valence-corrected chi connectivity index (χ3v) is 3.30. The monoisotopic (exact) mass is 279 g/mol. The van der Waals surface area contributed by atoms with Gasteiger partial charge in [0.2, 0.25) is 0 Å². The van der Waals surface area contributed by atoms with Crippen LogP contribution >= 0.6 is 0 Å². The fraction of sp³-hybridized carbons (Fsp3) is 0.615. The number of hydrogen-bond acceptors (Lipinski definition) is 4. The van der Waals surface area contributed by atoms with Crippen LogP contribution in [0.25, 0.3) is 0 Å². The molecule has 110 valence electrons. The normalized spacial score (nSPS) is 17.4. The summed E-state index contributed by atoms with van der Waals surface area (Å²) in [5.74, 6) is 1.74. The van der Waals surface area contributed by atoms with Crippen LogP contribution in [0.5, 0.6) is 0 Å². The summed E-state index contributed by atoms with van der Waals surface area (Å²) in [6.45, 7) is 6.80. The Morgan fingerprint density at radius 2 is 2.50 bits per heavy atom. The van der Waals surface area contributed by atoms with E-state index in [1.54, 1.807) is 6.08 Å². The molecule has 1 atom stereocenters. The molecule has 0 saturated carbocycles. The summed E-state index contributed by atoms with van der Waals surface area (Å²) in [5, 5.41) is 16.3. The van der Waals surface area contributed by atoms with Crippen LogP contribution in [0.3, 0.4) is 0 Å². The molecule has 1 unspecified atom stereocenters. The molecule has 1 aromatic rings. The number of amides is 2. The second-order valence-corrected chi connectivity index (χ2v) is 4.90. The van der Waals surface area contributed by atoms with Crippen LogP contribution in [0, 0.1) is 6.92 Å². The summed E-state index contributed by atoms with van der Waals surface area (Å²) in [6.07, 6.45) is 3.31. The maximum atomic E-state index is 12.1. The molecule has 0 bridgehead atoms. The number of aliphatic hydroxyl groups is 1. The van der Waals surface area contributed by atoms with Gasteiger partial charge in [0.05, 0.1) is 19.2 Å². The molecular formula is C13H21N5O2. The lowest BCUT2D eigenvalue weighted by atomic mass is 10.1. The lowest BCUT2D eigenvalue weighted by molar-refractivity contribution is 0.177. The van der Waals surface area contributed by atoms with Crippen LogP contribution in [0.2, 0.25) is 0 Å². The Labute approximate surface area is 118 Å². The van der Waals surface area contributed by atoms with Crippen LogP contribution in [-0.4, -0.2) is 56.5 Å².